The van der Waals surface area contributed by atoms with Gasteiger partial charge in [-0.3, -0.25) is 9.59 Å². The summed E-state index contributed by atoms with van der Waals surface area (Å²) in [6.07, 6.45) is 1.41. The van der Waals surface area contributed by atoms with Gasteiger partial charge in [-0.25, -0.2) is 0 Å². The molecule has 0 aliphatic rings. The fraction of sp³-hybridized carbons (Fsp3) is 0.333. The van der Waals surface area contributed by atoms with E-state index in [1.165, 1.54) is 11.2 Å². The molecule has 1 unspecified atom stereocenters. The molecule has 1 aromatic carbocycles. The maximum absolute atomic E-state index is 12.5. The smallest absolute Gasteiger partial charge is 0.287 e. The molecule has 7 nitrogen and oxygen atoms in total. The molecular weight excluding hydrogens is 324 g/mol. The van der Waals surface area contributed by atoms with Gasteiger partial charge in [-0.15, -0.1) is 0 Å². The first-order valence-electron chi connectivity index (χ1n) is 7.76. The number of ether oxygens (including phenoxy) is 2. The Morgan fingerprint density at radius 3 is 2.60 bits per heavy atom. The lowest BCUT2D eigenvalue weighted by molar-refractivity contribution is -0.132. The lowest BCUT2D eigenvalue weighted by Gasteiger charge is -2.23. The van der Waals surface area contributed by atoms with Gasteiger partial charge < -0.3 is 24.1 Å². The predicted octanol–water partition coefficient (Wildman–Crippen LogP) is 2.07. The van der Waals surface area contributed by atoms with Crippen LogP contribution in [0.4, 0.5) is 0 Å². The molecule has 1 N–H and O–H groups in total. The van der Waals surface area contributed by atoms with Gasteiger partial charge in [0.15, 0.2) is 5.76 Å². The first kappa shape index (κ1) is 18.4. The van der Waals surface area contributed by atoms with Crippen LogP contribution in [-0.4, -0.2) is 44.0 Å². The fourth-order valence-corrected chi connectivity index (χ4v) is 2.38. The van der Waals surface area contributed by atoms with Gasteiger partial charge in [-0.1, -0.05) is 0 Å². The van der Waals surface area contributed by atoms with Crippen molar-refractivity contribution in [3.8, 4) is 11.5 Å². The number of likely N-dealkylation sites (N-methyl/N-ethyl adjacent to an activating group) is 1. The molecule has 134 valence electrons. The Balaban J connectivity index is 2.01. The van der Waals surface area contributed by atoms with Crippen molar-refractivity contribution in [3.05, 3.63) is 47.9 Å². The highest BCUT2D eigenvalue weighted by molar-refractivity contribution is 5.95. The summed E-state index contributed by atoms with van der Waals surface area (Å²) in [6, 6.07) is 7.87. The van der Waals surface area contributed by atoms with Crippen LogP contribution < -0.4 is 14.8 Å². The highest BCUT2D eigenvalue weighted by atomic mass is 16.5. The van der Waals surface area contributed by atoms with E-state index in [4.69, 9.17) is 13.9 Å². The van der Waals surface area contributed by atoms with Crippen LogP contribution in [0.3, 0.4) is 0 Å². The zero-order valence-corrected chi connectivity index (χ0v) is 14.7. The van der Waals surface area contributed by atoms with Crippen molar-refractivity contribution in [3.63, 3.8) is 0 Å². The SMILES string of the molecule is COc1ccc(CN(C)C(=O)C(C)NC(=O)c2ccco2)c(OC)c1. The molecule has 1 atom stereocenters. The molecule has 2 aromatic rings. The summed E-state index contributed by atoms with van der Waals surface area (Å²) in [5.74, 6) is 0.818. The molecule has 0 aliphatic heterocycles. The standard InChI is InChI=1S/C18H22N2O5/c1-12(19-17(21)15-6-5-9-25-15)18(22)20(2)11-13-7-8-14(23-3)10-16(13)24-4/h5-10,12H,11H2,1-4H3,(H,19,21). The minimum Gasteiger partial charge on any atom is -0.497 e. The summed E-state index contributed by atoms with van der Waals surface area (Å²) in [6.45, 7) is 1.97. The third kappa shape index (κ3) is 4.53. The maximum atomic E-state index is 12.5. The van der Waals surface area contributed by atoms with E-state index in [0.29, 0.717) is 18.0 Å². The number of methoxy groups -OCH3 is 2. The number of hydrogen-bond donors (Lipinski definition) is 1. The van der Waals surface area contributed by atoms with Crippen molar-refractivity contribution in [2.75, 3.05) is 21.3 Å². The third-order valence-electron chi connectivity index (χ3n) is 3.74. The minimum atomic E-state index is -0.688. The van der Waals surface area contributed by atoms with Crippen molar-refractivity contribution in [2.45, 2.75) is 19.5 Å². The van der Waals surface area contributed by atoms with Crippen LogP contribution >= 0.6 is 0 Å². The number of benzene rings is 1. The number of carbonyl (C=O) groups excluding carboxylic acids is 2. The van der Waals surface area contributed by atoms with E-state index in [2.05, 4.69) is 5.32 Å². The number of furan rings is 1. The van der Waals surface area contributed by atoms with Crippen molar-refractivity contribution in [2.24, 2.45) is 0 Å². The van der Waals surface area contributed by atoms with Crippen molar-refractivity contribution >= 4 is 11.8 Å². The number of rotatable bonds is 7. The molecule has 0 aliphatic carbocycles. The second-order valence-corrected chi connectivity index (χ2v) is 5.54. The Bertz CT molecular complexity index is 727. The van der Waals surface area contributed by atoms with Crippen LogP contribution in [0.2, 0.25) is 0 Å². The summed E-state index contributed by atoms with van der Waals surface area (Å²) in [5.41, 5.74) is 0.837. The largest absolute Gasteiger partial charge is 0.497 e. The topological polar surface area (TPSA) is 81.0 Å². The van der Waals surface area contributed by atoms with E-state index in [-0.39, 0.29) is 11.7 Å². The van der Waals surface area contributed by atoms with Gasteiger partial charge in [0, 0.05) is 25.2 Å². The molecule has 0 saturated carbocycles. The molecule has 0 radical (unpaired) electrons. The van der Waals surface area contributed by atoms with Crippen molar-refractivity contribution in [1.29, 1.82) is 0 Å². The molecule has 7 heteroatoms. The molecule has 1 aromatic heterocycles. The highest BCUT2D eigenvalue weighted by Crippen LogP contribution is 2.25. The monoisotopic (exact) mass is 346 g/mol. The van der Waals surface area contributed by atoms with Gasteiger partial charge in [0.2, 0.25) is 5.91 Å². The maximum Gasteiger partial charge on any atom is 0.287 e. The summed E-state index contributed by atoms with van der Waals surface area (Å²) in [5, 5.41) is 2.62. The average molecular weight is 346 g/mol. The van der Waals surface area contributed by atoms with E-state index in [1.54, 1.807) is 52.5 Å². The van der Waals surface area contributed by atoms with Gasteiger partial charge >= 0.3 is 0 Å². The number of nitrogens with zero attached hydrogens (tertiary/aromatic N) is 1. The third-order valence-corrected chi connectivity index (χ3v) is 3.74. The fourth-order valence-electron chi connectivity index (χ4n) is 2.38. The van der Waals surface area contributed by atoms with Gasteiger partial charge in [-0.05, 0) is 31.2 Å². The molecule has 0 bridgehead atoms. The minimum absolute atomic E-state index is 0.166. The molecular formula is C18H22N2O5. The van der Waals surface area contributed by atoms with Crippen molar-refractivity contribution in [1.82, 2.24) is 10.2 Å². The molecule has 2 amide bonds. The molecule has 0 fully saturated rings. The molecule has 25 heavy (non-hydrogen) atoms. The van der Waals surface area contributed by atoms with Gasteiger partial charge in [-0.2, -0.15) is 0 Å². The Morgan fingerprint density at radius 1 is 1.24 bits per heavy atom. The Kier molecular flexibility index (Phi) is 6.05. The first-order valence-corrected chi connectivity index (χ1v) is 7.76. The van der Waals surface area contributed by atoms with Crippen molar-refractivity contribution < 1.29 is 23.5 Å². The van der Waals surface area contributed by atoms with Crippen LogP contribution in [-0.2, 0) is 11.3 Å². The Hall–Kier alpha value is -2.96. The molecule has 1 heterocycles. The van der Waals surface area contributed by atoms with E-state index >= 15 is 0 Å². The van der Waals surface area contributed by atoms with E-state index < -0.39 is 11.9 Å². The van der Waals surface area contributed by atoms with E-state index in [0.717, 1.165) is 5.56 Å². The zero-order chi connectivity index (χ0) is 18.4. The van der Waals surface area contributed by atoms with Crippen LogP contribution in [0.15, 0.2) is 41.0 Å². The van der Waals surface area contributed by atoms with Gasteiger partial charge in [0.25, 0.3) is 5.91 Å². The second-order valence-electron chi connectivity index (χ2n) is 5.54. The molecule has 0 saturated heterocycles. The van der Waals surface area contributed by atoms with Crippen LogP contribution in [0.1, 0.15) is 23.0 Å². The summed E-state index contributed by atoms with van der Waals surface area (Å²) in [7, 11) is 4.81. The molecule has 0 spiro atoms. The normalized spacial score (nSPS) is 11.5. The first-order chi connectivity index (χ1) is 12.0. The van der Waals surface area contributed by atoms with E-state index in [9.17, 15) is 9.59 Å². The molecule has 2 rings (SSSR count). The summed E-state index contributed by atoms with van der Waals surface area (Å²) < 4.78 is 15.5. The van der Waals surface area contributed by atoms with Gasteiger partial charge in [0.05, 0.1) is 20.5 Å². The zero-order valence-electron chi connectivity index (χ0n) is 14.7. The Morgan fingerprint density at radius 2 is 2.00 bits per heavy atom. The Labute approximate surface area is 146 Å². The van der Waals surface area contributed by atoms with Crippen LogP contribution in [0, 0.1) is 0 Å². The number of hydrogen-bond acceptors (Lipinski definition) is 5. The summed E-state index contributed by atoms with van der Waals surface area (Å²) >= 11 is 0. The quantitative estimate of drug-likeness (QED) is 0.830. The van der Waals surface area contributed by atoms with Crippen LogP contribution in [0.5, 0.6) is 11.5 Å². The highest BCUT2D eigenvalue weighted by Gasteiger charge is 2.22. The average Bonchev–Trinajstić information content (AvgIpc) is 3.16. The van der Waals surface area contributed by atoms with Gasteiger partial charge in [0.1, 0.15) is 17.5 Å². The number of amides is 2. The lowest BCUT2D eigenvalue weighted by Crippen LogP contribution is -2.45. The van der Waals surface area contributed by atoms with Crippen LogP contribution in [0.25, 0.3) is 0 Å². The number of nitrogens with one attached hydrogen (secondary N) is 1. The summed E-state index contributed by atoms with van der Waals surface area (Å²) in [4.78, 5) is 26.0. The second kappa shape index (κ2) is 8.23. The lowest BCUT2D eigenvalue weighted by atomic mass is 10.1. The number of carbonyl (C=O) groups is 2. The predicted molar refractivity (Wildman–Crippen MR) is 91.7 cm³/mol. The van der Waals surface area contributed by atoms with E-state index in [1.807, 2.05) is 6.07 Å².